The molecule has 102 valence electrons. The maximum absolute atomic E-state index is 11.4. The van der Waals surface area contributed by atoms with Gasteiger partial charge in [-0.1, -0.05) is 11.8 Å². The van der Waals surface area contributed by atoms with Gasteiger partial charge in [-0.15, -0.1) is 0 Å². The standard InChI is InChI=1S/C11H15N5O2S/c1-3-12-7-4-8(14-11(13-7)19-2)16-5-9(17)15-10(18)6-16/h4H,3,5-6H2,1-2H3,(H,12,13,14)(H,15,17,18). The Balaban J connectivity index is 2.29. The Morgan fingerprint density at radius 2 is 2.05 bits per heavy atom. The van der Waals surface area contributed by atoms with E-state index in [9.17, 15) is 9.59 Å². The molecule has 8 heteroatoms. The van der Waals surface area contributed by atoms with E-state index in [2.05, 4.69) is 20.6 Å². The van der Waals surface area contributed by atoms with Crippen LogP contribution in [0.5, 0.6) is 0 Å². The number of hydrogen-bond acceptors (Lipinski definition) is 7. The number of thioether (sulfide) groups is 1. The molecular formula is C11H15N5O2S. The fourth-order valence-electron chi connectivity index (χ4n) is 1.74. The third kappa shape index (κ3) is 3.34. The molecule has 1 fully saturated rings. The number of anilines is 2. The molecule has 0 saturated carbocycles. The van der Waals surface area contributed by atoms with Gasteiger partial charge >= 0.3 is 0 Å². The molecule has 0 unspecified atom stereocenters. The highest BCUT2D eigenvalue weighted by Crippen LogP contribution is 2.20. The van der Waals surface area contributed by atoms with Crippen LogP contribution in [0, 0.1) is 0 Å². The van der Waals surface area contributed by atoms with Crippen molar-refractivity contribution in [3.63, 3.8) is 0 Å². The zero-order valence-corrected chi connectivity index (χ0v) is 11.6. The smallest absolute Gasteiger partial charge is 0.246 e. The van der Waals surface area contributed by atoms with Crippen LogP contribution in [-0.2, 0) is 9.59 Å². The molecule has 2 N–H and O–H groups in total. The number of carbonyl (C=O) groups excluding carboxylic acids is 2. The van der Waals surface area contributed by atoms with E-state index in [0.29, 0.717) is 16.8 Å². The molecule has 0 bridgehead atoms. The van der Waals surface area contributed by atoms with Crippen LogP contribution in [0.4, 0.5) is 11.6 Å². The van der Waals surface area contributed by atoms with Crippen molar-refractivity contribution in [3.8, 4) is 0 Å². The lowest BCUT2D eigenvalue weighted by atomic mass is 10.3. The number of carbonyl (C=O) groups is 2. The van der Waals surface area contributed by atoms with E-state index in [0.717, 1.165) is 6.54 Å². The third-order valence-corrected chi connectivity index (χ3v) is 3.05. The summed E-state index contributed by atoms with van der Waals surface area (Å²) in [6.07, 6.45) is 1.88. The Hall–Kier alpha value is -1.83. The molecule has 1 saturated heterocycles. The number of aromatic nitrogens is 2. The van der Waals surface area contributed by atoms with Gasteiger partial charge < -0.3 is 10.2 Å². The van der Waals surface area contributed by atoms with Crippen molar-refractivity contribution in [1.29, 1.82) is 0 Å². The topological polar surface area (TPSA) is 87.2 Å². The van der Waals surface area contributed by atoms with Crippen molar-refractivity contribution in [2.24, 2.45) is 0 Å². The van der Waals surface area contributed by atoms with Gasteiger partial charge in [0.1, 0.15) is 11.6 Å². The number of imide groups is 1. The summed E-state index contributed by atoms with van der Waals surface area (Å²) >= 11 is 1.41. The number of amides is 2. The summed E-state index contributed by atoms with van der Waals surface area (Å²) in [5.41, 5.74) is 0. The van der Waals surface area contributed by atoms with Crippen molar-refractivity contribution in [2.45, 2.75) is 12.1 Å². The van der Waals surface area contributed by atoms with E-state index >= 15 is 0 Å². The van der Waals surface area contributed by atoms with Crippen molar-refractivity contribution in [3.05, 3.63) is 6.07 Å². The SMILES string of the molecule is CCNc1cc(N2CC(=O)NC(=O)C2)nc(SC)n1. The molecule has 1 aliphatic rings. The molecule has 0 atom stereocenters. The molecule has 19 heavy (non-hydrogen) atoms. The predicted octanol–water partition coefficient (Wildman–Crippen LogP) is 0.0931. The summed E-state index contributed by atoms with van der Waals surface area (Å²) in [6.45, 7) is 2.96. The quantitative estimate of drug-likeness (QED) is 0.459. The number of nitrogens with one attached hydrogen (secondary N) is 2. The Labute approximate surface area is 115 Å². The van der Waals surface area contributed by atoms with Crippen molar-refractivity contribution < 1.29 is 9.59 Å². The lowest BCUT2D eigenvalue weighted by Crippen LogP contribution is -2.51. The maximum Gasteiger partial charge on any atom is 0.246 e. The van der Waals surface area contributed by atoms with Gasteiger partial charge in [0.05, 0.1) is 13.1 Å². The second-order valence-electron chi connectivity index (χ2n) is 3.96. The Morgan fingerprint density at radius 3 is 2.63 bits per heavy atom. The van der Waals surface area contributed by atoms with Crippen LogP contribution >= 0.6 is 11.8 Å². The molecule has 7 nitrogen and oxygen atoms in total. The van der Waals surface area contributed by atoms with Gasteiger partial charge in [-0.05, 0) is 13.2 Å². The molecule has 2 heterocycles. The second-order valence-corrected chi connectivity index (χ2v) is 4.73. The third-order valence-electron chi connectivity index (χ3n) is 2.50. The number of nitrogens with zero attached hydrogens (tertiary/aromatic N) is 3. The highest BCUT2D eigenvalue weighted by atomic mass is 32.2. The summed E-state index contributed by atoms with van der Waals surface area (Å²) in [7, 11) is 0. The highest BCUT2D eigenvalue weighted by molar-refractivity contribution is 7.98. The number of piperazine rings is 1. The number of rotatable bonds is 4. The molecule has 0 spiro atoms. The summed E-state index contributed by atoms with van der Waals surface area (Å²) in [5.74, 6) is 0.643. The lowest BCUT2D eigenvalue weighted by Gasteiger charge is -2.26. The first-order valence-corrected chi connectivity index (χ1v) is 7.09. The lowest BCUT2D eigenvalue weighted by molar-refractivity contribution is -0.130. The molecule has 0 aromatic carbocycles. The van der Waals surface area contributed by atoms with E-state index in [-0.39, 0.29) is 24.9 Å². The van der Waals surface area contributed by atoms with Gasteiger partial charge in [-0.3, -0.25) is 14.9 Å². The molecule has 1 aromatic rings. The fourth-order valence-corrected chi connectivity index (χ4v) is 2.11. The first-order chi connectivity index (χ1) is 9.12. The molecular weight excluding hydrogens is 266 g/mol. The van der Waals surface area contributed by atoms with Gasteiger partial charge in [0.2, 0.25) is 11.8 Å². The van der Waals surface area contributed by atoms with Gasteiger partial charge in [-0.25, -0.2) is 9.97 Å². The second kappa shape index (κ2) is 5.87. The van der Waals surface area contributed by atoms with Crippen LogP contribution in [0.3, 0.4) is 0 Å². The Bertz CT molecular complexity index is 492. The summed E-state index contributed by atoms with van der Waals surface area (Å²) in [6, 6.07) is 1.75. The summed E-state index contributed by atoms with van der Waals surface area (Å²) in [5, 5.41) is 5.97. The van der Waals surface area contributed by atoms with Gasteiger partial charge in [-0.2, -0.15) is 0 Å². The van der Waals surface area contributed by atoms with Crippen LogP contribution < -0.4 is 15.5 Å². The Kier molecular flexibility index (Phi) is 4.20. The monoisotopic (exact) mass is 281 g/mol. The average molecular weight is 281 g/mol. The van der Waals surface area contributed by atoms with E-state index in [1.165, 1.54) is 11.8 Å². The van der Waals surface area contributed by atoms with Crippen molar-refractivity contribution >= 4 is 35.2 Å². The van der Waals surface area contributed by atoms with E-state index < -0.39 is 0 Å². The minimum atomic E-state index is -0.314. The van der Waals surface area contributed by atoms with Crippen LogP contribution in [0.2, 0.25) is 0 Å². The molecule has 1 aliphatic heterocycles. The zero-order valence-electron chi connectivity index (χ0n) is 10.8. The zero-order chi connectivity index (χ0) is 13.8. The minimum absolute atomic E-state index is 0.127. The van der Waals surface area contributed by atoms with Crippen LogP contribution in [0.1, 0.15) is 6.92 Å². The normalized spacial score (nSPS) is 15.4. The molecule has 0 aliphatic carbocycles. The number of hydrogen-bond donors (Lipinski definition) is 2. The largest absolute Gasteiger partial charge is 0.370 e. The van der Waals surface area contributed by atoms with Crippen LogP contribution in [-0.4, -0.2) is 47.7 Å². The van der Waals surface area contributed by atoms with Gasteiger partial charge in [0, 0.05) is 12.6 Å². The van der Waals surface area contributed by atoms with Crippen LogP contribution in [0.25, 0.3) is 0 Å². The van der Waals surface area contributed by atoms with E-state index in [1.54, 1.807) is 11.0 Å². The Morgan fingerprint density at radius 1 is 1.37 bits per heavy atom. The van der Waals surface area contributed by atoms with E-state index in [4.69, 9.17) is 0 Å². The fraction of sp³-hybridized carbons (Fsp3) is 0.455. The minimum Gasteiger partial charge on any atom is -0.370 e. The molecule has 1 aromatic heterocycles. The highest BCUT2D eigenvalue weighted by Gasteiger charge is 2.24. The predicted molar refractivity (Wildman–Crippen MR) is 73.3 cm³/mol. The first-order valence-electron chi connectivity index (χ1n) is 5.87. The molecule has 2 amide bonds. The maximum atomic E-state index is 11.4. The van der Waals surface area contributed by atoms with Crippen LogP contribution in [0.15, 0.2) is 11.2 Å². The van der Waals surface area contributed by atoms with Crippen molar-refractivity contribution in [2.75, 3.05) is 36.1 Å². The van der Waals surface area contributed by atoms with Gasteiger partial charge in [0.15, 0.2) is 5.16 Å². The van der Waals surface area contributed by atoms with Gasteiger partial charge in [0.25, 0.3) is 0 Å². The average Bonchev–Trinajstić information content (AvgIpc) is 2.37. The first kappa shape index (κ1) is 13.6. The molecule has 2 rings (SSSR count). The van der Waals surface area contributed by atoms with Crippen molar-refractivity contribution in [1.82, 2.24) is 15.3 Å². The van der Waals surface area contributed by atoms with E-state index in [1.807, 2.05) is 13.2 Å². The molecule has 0 radical (unpaired) electrons. The summed E-state index contributed by atoms with van der Waals surface area (Å²) in [4.78, 5) is 33.0. The summed E-state index contributed by atoms with van der Waals surface area (Å²) < 4.78 is 0.